The second-order valence-electron chi connectivity index (χ2n) is 10.6. The Balaban J connectivity index is 3.82. The molecule has 0 rings (SSSR count). The highest BCUT2D eigenvalue weighted by Crippen LogP contribution is 2.21. The van der Waals surface area contributed by atoms with Gasteiger partial charge < -0.3 is 4.74 Å². The monoisotopic (exact) mass is 490 g/mol. The van der Waals surface area contributed by atoms with E-state index in [1.54, 1.807) is 12.3 Å². The summed E-state index contributed by atoms with van der Waals surface area (Å²) in [6.07, 6.45) is 39.2. The quantitative estimate of drug-likeness (QED) is 0.0495. The van der Waals surface area contributed by atoms with Crippen molar-refractivity contribution < 1.29 is 9.53 Å². The van der Waals surface area contributed by atoms with Crippen LogP contribution in [0, 0.1) is 5.92 Å². The summed E-state index contributed by atoms with van der Waals surface area (Å²) in [6.45, 7) is 6.45. The Bertz CT molecular complexity index is 479. The van der Waals surface area contributed by atoms with Crippen LogP contribution in [0.15, 0.2) is 24.5 Å². The molecule has 0 aromatic rings. The van der Waals surface area contributed by atoms with Gasteiger partial charge in [-0.3, -0.25) is 4.79 Å². The number of hydrogen-bond acceptors (Lipinski definition) is 2. The third-order valence-electron chi connectivity index (χ3n) is 7.12. The highest BCUT2D eigenvalue weighted by Gasteiger charge is 2.18. The van der Waals surface area contributed by atoms with Crippen LogP contribution in [-0.4, -0.2) is 5.97 Å². The lowest BCUT2D eigenvalue weighted by atomic mass is 9.94. The molecule has 35 heavy (non-hydrogen) atoms. The summed E-state index contributed by atoms with van der Waals surface area (Å²) in [7, 11) is 0. The first-order valence-corrected chi connectivity index (χ1v) is 15.7. The molecule has 0 aliphatic heterocycles. The third kappa shape index (κ3) is 25.8. The summed E-state index contributed by atoms with van der Waals surface area (Å²) in [4.78, 5) is 12.5. The van der Waals surface area contributed by atoms with E-state index in [-0.39, 0.29) is 11.9 Å². The zero-order valence-electron chi connectivity index (χ0n) is 24.2. The Kier molecular flexibility index (Phi) is 28.3. The smallest absolute Gasteiger partial charge is 0.313 e. The maximum absolute atomic E-state index is 12.5. The lowest BCUT2D eigenvalue weighted by Crippen LogP contribution is -2.16. The number of rotatable bonds is 27. The van der Waals surface area contributed by atoms with E-state index < -0.39 is 0 Å². The number of allylic oxidation sites excluding steroid dienone is 3. The molecule has 2 nitrogen and oxygen atoms in total. The molecule has 0 aliphatic rings. The molecule has 0 saturated carbocycles. The molecule has 0 aromatic heterocycles. The minimum absolute atomic E-state index is 0.0170. The molecule has 206 valence electrons. The Morgan fingerprint density at radius 3 is 1.34 bits per heavy atom. The van der Waals surface area contributed by atoms with Crippen molar-refractivity contribution >= 4 is 5.97 Å². The Morgan fingerprint density at radius 1 is 0.571 bits per heavy atom. The molecule has 0 fully saturated rings. The highest BCUT2D eigenvalue weighted by atomic mass is 16.5. The molecule has 0 aromatic carbocycles. The van der Waals surface area contributed by atoms with Crippen molar-refractivity contribution in [2.24, 2.45) is 5.92 Å². The molecule has 0 N–H and O–H groups in total. The van der Waals surface area contributed by atoms with Gasteiger partial charge in [-0.1, -0.05) is 148 Å². The average Bonchev–Trinajstić information content (AvgIpc) is 2.87. The minimum Gasteiger partial charge on any atom is -0.435 e. The van der Waals surface area contributed by atoms with E-state index in [9.17, 15) is 4.79 Å². The lowest BCUT2D eigenvalue weighted by Gasteiger charge is -2.14. The second kappa shape index (κ2) is 29.2. The van der Waals surface area contributed by atoms with Crippen molar-refractivity contribution in [2.45, 2.75) is 175 Å². The van der Waals surface area contributed by atoms with Crippen LogP contribution in [0.5, 0.6) is 0 Å². The lowest BCUT2D eigenvalue weighted by molar-refractivity contribution is -0.143. The van der Waals surface area contributed by atoms with Crippen LogP contribution >= 0.6 is 0 Å². The zero-order valence-corrected chi connectivity index (χ0v) is 24.2. The van der Waals surface area contributed by atoms with Crippen molar-refractivity contribution in [3.8, 4) is 0 Å². The van der Waals surface area contributed by atoms with E-state index >= 15 is 0 Å². The number of unbranched alkanes of at least 4 members (excludes halogenated alkanes) is 19. The van der Waals surface area contributed by atoms with Gasteiger partial charge in [0.15, 0.2) is 0 Å². The fraction of sp³-hybridized carbons (Fsp3) is 0.848. The van der Waals surface area contributed by atoms with Crippen LogP contribution in [0.3, 0.4) is 0 Å². The van der Waals surface area contributed by atoms with Crippen LogP contribution in [0.4, 0.5) is 0 Å². The molecular weight excluding hydrogens is 428 g/mol. The van der Waals surface area contributed by atoms with Gasteiger partial charge in [0.1, 0.15) is 0 Å². The predicted molar refractivity (Wildman–Crippen MR) is 156 cm³/mol. The minimum atomic E-state index is -0.0170. The van der Waals surface area contributed by atoms with Crippen molar-refractivity contribution in [1.29, 1.82) is 0 Å². The van der Waals surface area contributed by atoms with E-state index in [0.717, 1.165) is 25.7 Å². The molecule has 0 radical (unpaired) electrons. The van der Waals surface area contributed by atoms with E-state index in [4.69, 9.17) is 4.74 Å². The highest BCUT2D eigenvalue weighted by molar-refractivity contribution is 5.72. The van der Waals surface area contributed by atoms with Gasteiger partial charge in [-0.2, -0.15) is 0 Å². The van der Waals surface area contributed by atoms with Gasteiger partial charge in [-0.25, -0.2) is 0 Å². The topological polar surface area (TPSA) is 26.3 Å². The largest absolute Gasteiger partial charge is 0.435 e. The third-order valence-corrected chi connectivity index (χ3v) is 7.12. The van der Waals surface area contributed by atoms with Gasteiger partial charge in [0.25, 0.3) is 0 Å². The fourth-order valence-electron chi connectivity index (χ4n) is 4.77. The van der Waals surface area contributed by atoms with Crippen LogP contribution in [0.1, 0.15) is 175 Å². The Labute approximate surface area is 220 Å². The first kappa shape index (κ1) is 34.0. The summed E-state index contributed by atoms with van der Waals surface area (Å²) >= 11 is 0. The first-order chi connectivity index (χ1) is 17.3. The standard InChI is InChI=1S/C33H62O2/c1-4-7-9-11-13-15-17-18-19-20-22-24-26-28-30-32(33(34)35-31-6-3)29-27-25-23-21-16-14-12-10-8-5-2/h6,18-19,31-32H,4-5,7-17,20-30H2,1-3H3/b19-18-,31-6+. The van der Waals surface area contributed by atoms with Crippen molar-refractivity contribution in [2.75, 3.05) is 0 Å². The van der Waals surface area contributed by atoms with Gasteiger partial charge in [0.2, 0.25) is 0 Å². The molecule has 0 spiro atoms. The molecule has 0 amide bonds. The number of carbonyl (C=O) groups is 1. The molecule has 0 heterocycles. The number of ether oxygens (including phenoxy) is 1. The zero-order chi connectivity index (χ0) is 25.7. The van der Waals surface area contributed by atoms with Gasteiger partial charge in [0.05, 0.1) is 12.2 Å². The van der Waals surface area contributed by atoms with Crippen LogP contribution in [0.25, 0.3) is 0 Å². The van der Waals surface area contributed by atoms with E-state index in [0.29, 0.717) is 0 Å². The van der Waals surface area contributed by atoms with Gasteiger partial charge in [-0.05, 0) is 45.4 Å². The maximum Gasteiger partial charge on any atom is 0.313 e. The van der Waals surface area contributed by atoms with Crippen LogP contribution in [-0.2, 0) is 9.53 Å². The molecule has 0 bridgehead atoms. The van der Waals surface area contributed by atoms with Gasteiger partial charge in [0, 0.05) is 0 Å². The molecule has 0 saturated heterocycles. The van der Waals surface area contributed by atoms with E-state index in [2.05, 4.69) is 26.0 Å². The fourth-order valence-corrected chi connectivity index (χ4v) is 4.77. The average molecular weight is 491 g/mol. The molecule has 2 heteroatoms. The maximum atomic E-state index is 12.5. The molecule has 0 aliphatic carbocycles. The number of carbonyl (C=O) groups excluding carboxylic acids is 1. The first-order valence-electron chi connectivity index (χ1n) is 15.7. The SMILES string of the molecule is C/C=C/OC(=O)C(CCCCCC/C=C\CCCCCCCC)CCCCCCCCCCCC. The summed E-state index contributed by atoms with van der Waals surface area (Å²) in [6, 6.07) is 0. The summed E-state index contributed by atoms with van der Waals surface area (Å²) in [5.41, 5.74) is 0. The van der Waals surface area contributed by atoms with Gasteiger partial charge in [-0.15, -0.1) is 0 Å². The van der Waals surface area contributed by atoms with Crippen molar-refractivity contribution in [3.63, 3.8) is 0 Å². The summed E-state index contributed by atoms with van der Waals surface area (Å²) in [5, 5.41) is 0. The predicted octanol–water partition coefficient (Wildman–Crippen LogP) is 11.6. The second-order valence-corrected chi connectivity index (χ2v) is 10.6. The molecular formula is C33H62O2. The van der Waals surface area contributed by atoms with Crippen molar-refractivity contribution in [3.05, 3.63) is 24.5 Å². The van der Waals surface area contributed by atoms with E-state index in [1.165, 1.54) is 128 Å². The number of hydrogen-bond donors (Lipinski definition) is 0. The van der Waals surface area contributed by atoms with Crippen molar-refractivity contribution in [1.82, 2.24) is 0 Å². The van der Waals surface area contributed by atoms with E-state index in [1.807, 2.05) is 6.92 Å². The normalized spacial score (nSPS) is 12.7. The Hall–Kier alpha value is -1.05. The summed E-state index contributed by atoms with van der Waals surface area (Å²) in [5.74, 6) is 0.0640. The molecule has 1 unspecified atom stereocenters. The van der Waals surface area contributed by atoms with Crippen LogP contribution < -0.4 is 0 Å². The van der Waals surface area contributed by atoms with Crippen LogP contribution in [0.2, 0.25) is 0 Å². The molecule has 1 atom stereocenters. The Morgan fingerprint density at radius 2 is 0.943 bits per heavy atom. The number of esters is 1. The summed E-state index contributed by atoms with van der Waals surface area (Å²) < 4.78 is 5.34. The van der Waals surface area contributed by atoms with Gasteiger partial charge >= 0.3 is 5.97 Å².